The lowest BCUT2D eigenvalue weighted by molar-refractivity contribution is -0.136. The third-order valence-electron chi connectivity index (χ3n) is 4.52. The number of hydrogen-bond acceptors (Lipinski definition) is 6. The Kier molecular flexibility index (Phi) is 5.54. The highest BCUT2D eigenvalue weighted by Gasteiger charge is 2.38. The zero-order valence-electron chi connectivity index (χ0n) is 16.2. The molecule has 0 radical (unpaired) electrons. The molecular weight excluding hydrogens is 360 g/mol. The number of likely N-dealkylation sites (N-methyl/N-ethyl adjacent to an activating group) is 1. The number of nitrogens with one attached hydrogen (secondary N) is 1. The van der Waals surface area contributed by atoms with Gasteiger partial charge < -0.3 is 19.5 Å². The van der Waals surface area contributed by atoms with Gasteiger partial charge in [0.05, 0.1) is 26.9 Å². The van der Waals surface area contributed by atoms with E-state index in [0.29, 0.717) is 34.1 Å². The summed E-state index contributed by atoms with van der Waals surface area (Å²) in [5.41, 5.74) is 1.77. The first-order valence-electron chi connectivity index (χ1n) is 8.78. The van der Waals surface area contributed by atoms with Crippen molar-refractivity contribution in [2.75, 3.05) is 33.2 Å². The van der Waals surface area contributed by atoms with Crippen molar-refractivity contribution in [2.45, 2.75) is 6.92 Å². The Morgan fingerprint density at radius 3 is 2.11 bits per heavy atom. The summed E-state index contributed by atoms with van der Waals surface area (Å²) in [6.07, 6.45) is 0. The van der Waals surface area contributed by atoms with Crippen LogP contribution in [-0.2, 0) is 9.59 Å². The van der Waals surface area contributed by atoms with Crippen LogP contribution in [0.2, 0.25) is 0 Å². The zero-order chi connectivity index (χ0) is 20.3. The quantitative estimate of drug-likeness (QED) is 0.742. The van der Waals surface area contributed by atoms with E-state index in [4.69, 9.17) is 14.2 Å². The lowest BCUT2D eigenvalue weighted by Gasteiger charge is -2.12. The number of hydrogen-bond donors (Lipinski definition) is 1. The summed E-state index contributed by atoms with van der Waals surface area (Å²) >= 11 is 0. The van der Waals surface area contributed by atoms with E-state index >= 15 is 0 Å². The minimum Gasteiger partial charge on any atom is -0.497 e. The normalized spacial score (nSPS) is 13.8. The summed E-state index contributed by atoms with van der Waals surface area (Å²) in [6.45, 7) is 2.04. The van der Waals surface area contributed by atoms with Crippen LogP contribution in [0.1, 0.15) is 12.5 Å². The fraction of sp³-hybridized carbons (Fsp3) is 0.238. The highest BCUT2D eigenvalue weighted by Crippen LogP contribution is 2.35. The van der Waals surface area contributed by atoms with Crippen molar-refractivity contribution >= 4 is 23.1 Å². The molecule has 1 heterocycles. The molecule has 7 heteroatoms. The topological polar surface area (TPSA) is 77.1 Å². The van der Waals surface area contributed by atoms with E-state index in [2.05, 4.69) is 5.32 Å². The number of carbonyl (C=O) groups excluding carboxylic acids is 2. The molecule has 0 fully saturated rings. The number of nitrogens with zero attached hydrogens (tertiary/aromatic N) is 1. The third kappa shape index (κ3) is 3.38. The molecule has 0 aromatic heterocycles. The van der Waals surface area contributed by atoms with Crippen LogP contribution in [0, 0.1) is 0 Å². The van der Waals surface area contributed by atoms with Gasteiger partial charge >= 0.3 is 0 Å². The molecule has 7 nitrogen and oxygen atoms in total. The van der Waals surface area contributed by atoms with Crippen LogP contribution in [-0.4, -0.2) is 44.6 Å². The van der Waals surface area contributed by atoms with Gasteiger partial charge in [-0.1, -0.05) is 6.07 Å². The minimum absolute atomic E-state index is 0.226. The number of imide groups is 1. The van der Waals surface area contributed by atoms with E-state index in [1.165, 1.54) is 19.1 Å². The number of amides is 2. The van der Waals surface area contributed by atoms with Crippen LogP contribution >= 0.6 is 0 Å². The highest BCUT2D eigenvalue weighted by molar-refractivity contribution is 6.36. The summed E-state index contributed by atoms with van der Waals surface area (Å²) in [4.78, 5) is 27.0. The summed E-state index contributed by atoms with van der Waals surface area (Å²) in [6, 6.07) is 12.2. The van der Waals surface area contributed by atoms with Crippen molar-refractivity contribution in [1.82, 2.24) is 4.90 Å². The Bertz CT molecular complexity index is 934. The van der Waals surface area contributed by atoms with E-state index in [0.717, 1.165) is 0 Å². The SMILES string of the molecule is CCN1C(=O)C(Nc2ccc(OC)cc2)=C(c2ccc(OC)c(OC)c2)C1=O. The standard InChI is InChI=1S/C21H22N2O5/c1-5-23-20(24)18(13-6-11-16(27-3)17(12-13)28-4)19(21(23)25)22-14-7-9-15(26-2)10-8-14/h6-12,22H,5H2,1-4H3. The minimum atomic E-state index is -0.367. The van der Waals surface area contributed by atoms with E-state index in [1.54, 1.807) is 56.5 Å². The second kappa shape index (κ2) is 8.04. The number of rotatable bonds is 7. The maximum Gasteiger partial charge on any atom is 0.278 e. The van der Waals surface area contributed by atoms with Crippen LogP contribution in [0.4, 0.5) is 5.69 Å². The molecule has 0 aliphatic carbocycles. The number of carbonyl (C=O) groups is 2. The molecular formula is C21H22N2O5. The first kappa shape index (κ1) is 19.3. The molecule has 28 heavy (non-hydrogen) atoms. The van der Waals surface area contributed by atoms with Gasteiger partial charge in [0, 0.05) is 12.2 Å². The van der Waals surface area contributed by atoms with Crippen LogP contribution in [0.15, 0.2) is 48.2 Å². The van der Waals surface area contributed by atoms with Gasteiger partial charge in [0.15, 0.2) is 11.5 Å². The van der Waals surface area contributed by atoms with E-state index in [-0.39, 0.29) is 24.1 Å². The smallest absolute Gasteiger partial charge is 0.278 e. The van der Waals surface area contributed by atoms with Crippen LogP contribution < -0.4 is 19.5 Å². The van der Waals surface area contributed by atoms with E-state index < -0.39 is 0 Å². The van der Waals surface area contributed by atoms with Gasteiger partial charge in [-0.2, -0.15) is 0 Å². The first-order valence-corrected chi connectivity index (χ1v) is 8.78. The second-order valence-corrected chi connectivity index (χ2v) is 6.03. The molecule has 1 aliphatic heterocycles. The summed E-state index contributed by atoms with van der Waals surface area (Å²) < 4.78 is 15.8. The van der Waals surface area contributed by atoms with Gasteiger partial charge in [0.2, 0.25) is 0 Å². The molecule has 0 spiro atoms. The lowest BCUT2D eigenvalue weighted by atomic mass is 10.0. The highest BCUT2D eigenvalue weighted by atomic mass is 16.5. The predicted octanol–water partition coefficient (Wildman–Crippen LogP) is 2.92. The molecule has 0 atom stereocenters. The molecule has 0 saturated heterocycles. The molecule has 3 rings (SSSR count). The third-order valence-corrected chi connectivity index (χ3v) is 4.52. The molecule has 1 N–H and O–H groups in total. The summed E-state index contributed by atoms with van der Waals surface area (Å²) in [7, 11) is 4.64. The largest absolute Gasteiger partial charge is 0.497 e. The van der Waals surface area contributed by atoms with Crippen LogP contribution in [0.25, 0.3) is 5.57 Å². The molecule has 2 amide bonds. The fourth-order valence-corrected chi connectivity index (χ4v) is 3.06. The first-order chi connectivity index (χ1) is 13.5. The summed E-state index contributed by atoms with van der Waals surface area (Å²) in [5, 5.41) is 3.09. The fourth-order valence-electron chi connectivity index (χ4n) is 3.06. The Labute approximate surface area is 163 Å². The zero-order valence-corrected chi connectivity index (χ0v) is 16.2. The maximum atomic E-state index is 12.9. The molecule has 2 aromatic carbocycles. The number of ether oxygens (including phenoxy) is 3. The van der Waals surface area contributed by atoms with Crippen LogP contribution in [0.5, 0.6) is 17.2 Å². The van der Waals surface area contributed by atoms with Gasteiger partial charge in [0.25, 0.3) is 11.8 Å². The van der Waals surface area contributed by atoms with Crippen molar-refractivity contribution in [3.8, 4) is 17.2 Å². The monoisotopic (exact) mass is 382 g/mol. The predicted molar refractivity (Wildman–Crippen MR) is 105 cm³/mol. The number of anilines is 1. The van der Waals surface area contributed by atoms with Gasteiger partial charge in [0.1, 0.15) is 11.4 Å². The molecule has 0 saturated carbocycles. The number of benzene rings is 2. The van der Waals surface area contributed by atoms with Crippen molar-refractivity contribution in [3.05, 3.63) is 53.7 Å². The molecule has 146 valence electrons. The van der Waals surface area contributed by atoms with Crippen molar-refractivity contribution in [1.29, 1.82) is 0 Å². The molecule has 0 unspecified atom stereocenters. The Morgan fingerprint density at radius 2 is 1.54 bits per heavy atom. The Morgan fingerprint density at radius 1 is 0.857 bits per heavy atom. The Balaban J connectivity index is 2.08. The summed E-state index contributed by atoms with van der Waals surface area (Å²) in [5.74, 6) is 1.000. The van der Waals surface area contributed by atoms with E-state index in [9.17, 15) is 9.59 Å². The average Bonchev–Trinajstić information content (AvgIpc) is 2.97. The van der Waals surface area contributed by atoms with Crippen LogP contribution in [0.3, 0.4) is 0 Å². The second-order valence-electron chi connectivity index (χ2n) is 6.03. The van der Waals surface area contributed by atoms with E-state index in [1.807, 2.05) is 0 Å². The van der Waals surface area contributed by atoms with Gasteiger partial charge in [-0.15, -0.1) is 0 Å². The maximum absolute atomic E-state index is 12.9. The van der Waals surface area contributed by atoms with Crippen molar-refractivity contribution in [3.63, 3.8) is 0 Å². The Hall–Kier alpha value is -3.48. The van der Waals surface area contributed by atoms with Gasteiger partial charge in [-0.25, -0.2) is 0 Å². The lowest BCUT2D eigenvalue weighted by Crippen LogP contribution is -2.32. The van der Waals surface area contributed by atoms with Gasteiger partial charge in [-0.05, 0) is 48.9 Å². The van der Waals surface area contributed by atoms with Crippen molar-refractivity contribution in [2.24, 2.45) is 0 Å². The number of methoxy groups -OCH3 is 3. The van der Waals surface area contributed by atoms with Crippen molar-refractivity contribution < 1.29 is 23.8 Å². The molecule has 1 aliphatic rings. The van der Waals surface area contributed by atoms with Gasteiger partial charge in [-0.3, -0.25) is 14.5 Å². The molecule has 0 bridgehead atoms. The molecule has 2 aromatic rings. The average molecular weight is 382 g/mol.